The highest BCUT2D eigenvalue weighted by Gasteiger charge is 2.48. The standard InChI is InChI=1S/C15H27N3O2/c1-10(18-4-6-20-7-5-18)9-17-15(19)13-11-2-3-12(8-11)14(13)16/h10-14H,2-9,16H2,1H3,(H,17,19). The lowest BCUT2D eigenvalue weighted by Gasteiger charge is -2.33. The van der Waals surface area contributed by atoms with Crippen molar-refractivity contribution in [3.05, 3.63) is 0 Å². The molecule has 1 aliphatic heterocycles. The normalized spacial score (nSPS) is 38.9. The summed E-state index contributed by atoms with van der Waals surface area (Å²) in [4.78, 5) is 14.8. The van der Waals surface area contributed by atoms with Crippen LogP contribution in [-0.4, -0.2) is 55.7 Å². The van der Waals surface area contributed by atoms with Crippen LogP contribution in [0.5, 0.6) is 0 Å². The molecule has 0 radical (unpaired) electrons. The summed E-state index contributed by atoms with van der Waals surface area (Å²) in [6.07, 6.45) is 3.58. The van der Waals surface area contributed by atoms with Crippen LogP contribution in [0.4, 0.5) is 0 Å². The van der Waals surface area contributed by atoms with E-state index in [-0.39, 0.29) is 17.9 Å². The molecule has 0 aromatic carbocycles. The van der Waals surface area contributed by atoms with Crippen molar-refractivity contribution in [3.8, 4) is 0 Å². The van der Waals surface area contributed by atoms with Gasteiger partial charge in [0.25, 0.3) is 0 Å². The van der Waals surface area contributed by atoms with Crippen LogP contribution in [0.3, 0.4) is 0 Å². The van der Waals surface area contributed by atoms with Crippen molar-refractivity contribution in [2.45, 2.75) is 38.3 Å². The molecule has 20 heavy (non-hydrogen) atoms. The Kier molecular flexibility index (Phi) is 4.29. The van der Waals surface area contributed by atoms with Crippen molar-refractivity contribution in [3.63, 3.8) is 0 Å². The number of ether oxygens (including phenoxy) is 1. The van der Waals surface area contributed by atoms with Gasteiger partial charge in [-0.3, -0.25) is 9.69 Å². The van der Waals surface area contributed by atoms with E-state index in [0.29, 0.717) is 17.9 Å². The zero-order chi connectivity index (χ0) is 14.1. The lowest BCUT2D eigenvalue weighted by Crippen LogP contribution is -2.50. The highest BCUT2D eigenvalue weighted by molar-refractivity contribution is 5.80. The van der Waals surface area contributed by atoms with Crippen molar-refractivity contribution in [2.75, 3.05) is 32.8 Å². The Balaban J connectivity index is 1.47. The number of rotatable bonds is 4. The second kappa shape index (κ2) is 6.00. The molecular formula is C15H27N3O2. The SMILES string of the molecule is CC(CNC(=O)C1C2CCC(C2)C1N)N1CCOCC1. The predicted molar refractivity (Wildman–Crippen MR) is 77.2 cm³/mol. The van der Waals surface area contributed by atoms with Gasteiger partial charge in [0, 0.05) is 31.7 Å². The van der Waals surface area contributed by atoms with Crippen LogP contribution < -0.4 is 11.1 Å². The van der Waals surface area contributed by atoms with E-state index >= 15 is 0 Å². The van der Waals surface area contributed by atoms with Crippen molar-refractivity contribution in [1.82, 2.24) is 10.2 Å². The van der Waals surface area contributed by atoms with E-state index in [1.54, 1.807) is 0 Å². The van der Waals surface area contributed by atoms with Crippen LogP contribution in [0.2, 0.25) is 0 Å². The second-order valence-electron chi connectivity index (χ2n) is 6.68. The topological polar surface area (TPSA) is 67.6 Å². The molecule has 5 unspecified atom stereocenters. The molecule has 1 amide bonds. The number of nitrogens with zero attached hydrogens (tertiary/aromatic N) is 1. The molecule has 3 N–H and O–H groups in total. The third-order valence-corrected chi connectivity index (χ3v) is 5.52. The quantitative estimate of drug-likeness (QED) is 0.772. The van der Waals surface area contributed by atoms with E-state index in [1.165, 1.54) is 12.8 Å². The van der Waals surface area contributed by atoms with Crippen molar-refractivity contribution >= 4 is 5.91 Å². The van der Waals surface area contributed by atoms with Crippen LogP contribution in [0.1, 0.15) is 26.2 Å². The average molecular weight is 281 g/mol. The Bertz CT molecular complexity index is 355. The molecule has 5 nitrogen and oxygen atoms in total. The molecule has 0 aromatic rings. The number of carbonyl (C=O) groups is 1. The monoisotopic (exact) mass is 281 g/mol. The molecule has 2 saturated carbocycles. The fraction of sp³-hybridized carbons (Fsp3) is 0.933. The van der Waals surface area contributed by atoms with Gasteiger partial charge in [-0.15, -0.1) is 0 Å². The van der Waals surface area contributed by atoms with Gasteiger partial charge in [-0.25, -0.2) is 0 Å². The summed E-state index contributed by atoms with van der Waals surface area (Å²) in [6, 6.07) is 0.463. The average Bonchev–Trinajstić information content (AvgIpc) is 3.06. The first kappa shape index (κ1) is 14.3. The smallest absolute Gasteiger partial charge is 0.225 e. The van der Waals surface area contributed by atoms with Crippen molar-refractivity contribution in [2.24, 2.45) is 23.5 Å². The molecule has 5 heteroatoms. The third-order valence-electron chi connectivity index (χ3n) is 5.52. The molecule has 0 aromatic heterocycles. The number of fused-ring (bicyclic) bond motifs is 2. The van der Waals surface area contributed by atoms with Crippen molar-refractivity contribution in [1.29, 1.82) is 0 Å². The number of carbonyl (C=O) groups excluding carboxylic acids is 1. The highest BCUT2D eigenvalue weighted by atomic mass is 16.5. The van der Waals surface area contributed by atoms with Gasteiger partial charge >= 0.3 is 0 Å². The Labute approximate surface area is 121 Å². The van der Waals surface area contributed by atoms with Gasteiger partial charge in [0.2, 0.25) is 5.91 Å². The van der Waals surface area contributed by atoms with E-state index < -0.39 is 0 Å². The fourth-order valence-electron chi connectivity index (χ4n) is 4.24. The predicted octanol–water partition coefficient (Wildman–Crippen LogP) is 0.197. The number of nitrogens with two attached hydrogens (primary N) is 1. The minimum atomic E-state index is 0.0608. The summed E-state index contributed by atoms with van der Waals surface area (Å²) in [7, 11) is 0. The summed E-state index contributed by atoms with van der Waals surface area (Å²) in [6.45, 7) is 6.42. The molecule has 2 bridgehead atoms. The first-order chi connectivity index (χ1) is 9.66. The van der Waals surface area contributed by atoms with Gasteiger partial charge in [0.05, 0.1) is 19.1 Å². The van der Waals surface area contributed by atoms with Crippen LogP contribution in [0, 0.1) is 17.8 Å². The van der Waals surface area contributed by atoms with Crippen LogP contribution in [-0.2, 0) is 9.53 Å². The van der Waals surface area contributed by atoms with E-state index in [0.717, 1.165) is 39.3 Å². The molecule has 3 fully saturated rings. The van der Waals surface area contributed by atoms with Crippen LogP contribution in [0.15, 0.2) is 0 Å². The number of hydrogen-bond acceptors (Lipinski definition) is 4. The minimum absolute atomic E-state index is 0.0608. The Morgan fingerprint density at radius 1 is 1.35 bits per heavy atom. The number of nitrogens with one attached hydrogen (secondary N) is 1. The largest absolute Gasteiger partial charge is 0.379 e. The van der Waals surface area contributed by atoms with E-state index in [1.807, 2.05) is 0 Å². The molecular weight excluding hydrogens is 254 g/mol. The first-order valence-electron chi connectivity index (χ1n) is 8.02. The van der Waals surface area contributed by atoms with Gasteiger partial charge < -0.3 is 15.8 Å². The zero-order valence-corrected chi connectivity index (χ0v) is 12.4. The number of morpholine rings is 1. The van der Waals surface area contributed by atoms with E-state index in [4.69, 9.17) is 10.5 Å². The molecule has 1 heterocycles. The zero-order valence-electron chi connectivity index (χ0n) is 12.4. The molecule has 5 atom stereocenters. The lowest BCUT2D eigenvalue weighted by molar-refractivity contribution is -0.127. The molecule has 114 valence electrons. The molecule has 1 saturated heterocycles. The lowest BCUT2D eigenvalue weighted by atomic mass is 9.84. The maximum Gasteiger partial charge on any atom is 0.225 e. The fourth-order valence-corrected chi connectivity index (χ4v) is 4.24. The summed E-state index contributed by atoms with van der Waals surface area (Å²) < 4.78 is 5.36. The number of amides is 1. The van der Waals surface area contributed by atoms with Gasteiger partial charge in [0.15, 0.2) is 0 Å². The van der Waals surface area contributed by atoms with Crippen molar-refractivity contribution < 1.29 is 9.53 Å². The maximum atomic E-state index is 12.4. The Morgan fingerprint density at radius 2 is 2.05 bits per heavy atom. The van der Waals surface area contributed by atoms with Gasteiger partial charge in [-0.1, -0.05) is 0 Å². The maximum absolute atomic E-state index is 12.4. The van der Waals surface area contributed by atoms with E-state index in [2.05, 4.69) is 17.1 Å². The van der Waals surface area contributed by atoms with Gasteiger partial charge in [-0.2, -0.15) is 0 Å². The Hall–Kier alpha value is -0.650. The van der Waals surface area contributed by atoms with Gasteiger partial charge in [-0.05, 0) is 38.0 Å². The molecule has 2 aliphatic carbocycles. The molecule has 3 aliphatic rings. The Morgan fingerprint density at radius 3 is 2.70 bits per heavy atom. The molecule has 0 spiro atoms. The summed E-state index contributed by atoms with van der Waals surface area (Å²) in [5.74, 6) is 1.37. The van der Waals surface area contributed by atoms with Crippen LogP contribution in [0.25, 0.3) is 0 Å². The second-order valence-corrected chi connectivity index (χ2v) is 6.68. The number of hydrogen-bond donors (Lipinski definition) is 2. The summed E-state index contributed by atoms with van der Waals surface area (Å²) in [5.41, 5.74) is 6.23. The third kappa shape index (κ3) is 2.71. The van der Waals surface area contributed by atoms with E-state index in [9.17, 15) is 4.79 Å². The first-order valence-corrected chi connectivity index (χ1v) is 8.02. The van der Waals surface area contributed by atoms with Crippen LogP contribution >= 0.6 is 0 Å². The summed E-state index contributed by atoms with van der Waals surface area (Å²) >= 11 is 0. The molecule has 3 rings (SSSR count). The highest BCUT2D eigenvalue weighted by Crippen LogP contribution is 2.47. The minimum Gasteiger partial charge on any atom is -0.379 e. The van der Waals surface area contributed by atoms with Gasteiger partial charge in [0.1, 0.15) is 0 Å². The summed E-state index contributed by atoms with van der Waals surface area (Å²) in [5, 5.41) is 3.14.